The van der Waals surface area contributed by atoms with Gasteiger partial charge in [-0.3, -0.25) is 4.79 Å². The van der Waals surface area contributed by atoms with Crippen LogP contribution in [0, 0.1) is 0 Å². The maximum Gasteiger partial charge on any atom is 0.242 e. The number of hydrogen-bond acceptors (Lipinski definition) is 7. The van der Waals surface area contributed by atoms with Crippen LogP contribution in [0.2, 0.25) is 5.02 Å². The van der Waals surface area contributed by atoms with Crippen LogP contribution in [0.25, 0.3) is 5.69 Å². The van der Waals surface area contributed by atoms with Crippen LogP contribution in [0.1, 0.15) is 6.92 Å². The van der Waals surface area contributed by atoms with E-state index < -0.39 is 15.3 Å². The second-order valence-corrected chi connectivity index (χ2v) is 10.3. The van der Waals surface area contributed by atoms with Crippen molar-refractivity contribution in [2.75, 3.05) is 19.4 Å². The largest absolute Gasteiger partial charge is 0.325 e. The molecule has 12 heteroatoms. The lowest BCUT2D eigenvalue weighted by Crippen LogP contribution is -2.24. The zero-order chi connectivity index (χ0) is 21.9. The summed E-state index contributed by atoms with van der Waals surface area (Å²) >= 11 is 7.19. The third-order valence-corrected chi connectivity index (χ3v) is 7.10. The maximum absolute atomic E-state index is 12.6. The molecule has 0 radical (unpaired) electrons. The third-order valence-electron chi connectivity index (χ3n) is 4.03. The Bertz CT molecular complexity index is 1170. The van der Waals surface area contributed by atoms with Gasteiger partial charge in [0.1, 0.15) is 0 Å². The SMILES string of the molecule is CC(Sc1nnnn1-c1cccc(Cl)c1)C(=O)Nc1cccc(S(=O)(=O)N(C)C)c1. The Labute approximate surface area is 183 Å². The quantitative estimate of drug-likeness (QED) is 0.533. The minimum atomic E-state index is -3.60. The lowest BCUT2D eigenvalue weighted by atomic mass is 10.3. The first-order valence-electron chi connectivity index (χ1n) is 8.73. The fraction of sp³-hybridized carbons (Fsp3) is 0.222. The average molecular weight is 467 g/mol. The average Bonchev–Trinajstić information content (AvgIpc) is 3.16. The number of carbonyl (C=O) groups is 1. The van der Waals surface area contributed by atoms with Crippen molar-refractivity contribution in [1.29, 1.82) is 0 Å². The summed E-state index contributed by atoms with van der Waals surface area (Å²) in [6.45, 7) is 1.71. The van der Waals surface area contributed by atoms with Gasteiger partial charge in [-0.15, -0.1) is 5.10 Å². The zero-order valence-electron chi connectivity index (χ0n) is 16.4. The van der Waals surface area contributed by atoms with Crippen LogP contribution < -0.4 is 5.32 Å². The normalized spacial score (nSPS) is 12.7. The molecule has 1 N–H and O–H groups in total. The topological polar surface area (TPSA) is 110 Å². The van der Waals surface area contributed by atoms with Gasteiger partial charge in [0.15, 0.2) is 0 Å². The predicted molar refractivity (Wildman–Crippen MR) is 115 cm³/mol. The highest BCUT2D eigenvalue weighted by atomic mass is 35.5. The molecule has 0 saturated carbocycles. The molecule has 0 bridgehead atoms. The lowest BCUT2D eigenvalue weighted by Gasteiger charge is -2.14. The molecule has 0 aliphatic carbocycles. The van der Waals surface area contributed by atoms with E-state index in [1.807, 2.05) is 0 Å². The monoisotopic (exact) mass is 466 g/mol. The Balaban J connectivity index is 1.74. The number of carbonyl (C=O) groups excluding carboxylic acids is 1. The molecule has 1 atom stereocenters. The number of nitrogens with zero attached hydrogens (tertiary/aromatic N) is 5. The number of halogens is 1. The molecule has 30 heavy (non-hydrogen) atoms. The molecule has 158 valence electrons. The number of amides is 1. The van der Waals surface area contributed by atoms with Crippen LogP contribution >= 0.6 is 23.4 Å². The smallest absolute Gasteiger partial charge is 0.242 e. The molecule has 0 fully saturated rings. The minimum absolute atomic E-state index is 0.0931. The molecule has 0 aliphatic heterocycles. The molecule has 0 spiro atoms. The van der Waals surface area contributed by atoms with Gasteiger partial charge >= 0.3 is 0 Å². The van der Waals surface area contributed by atoms with Gasteiger partial charge in [0, 0.05) is 24.8 Å². The van der Waals surface area contributed by atoms with Crippen molar-refractivity contribution in [3.05, 3.63) is 53.6 Å². The van der Waals surface area contributed by atoms with Crippen molar-refractivity contribution in [2.24, 2.45) is 0 Å². The van der Waals surface area contributed by atoms with E-state index in [4.69, 9.17) is 11.6 Å². The number of thioether (sulfide) groups is 1. The van der Waals surface area contributed by atoms with Gasteiger partial charge in [-0.05, 0) is 53.7 Å². The first-order valence-corrected chi connectivity index (χ1v) is 11.4. The molecule has 0 saturated heterocycles. The van der Waals surface area contributed by atoms with E-state index in [0.717, 1.165) is 16.1 Å². The van der Waals surface area contributed by atoms with E-state index in [1.165, 1.54) is 30.9 Å². The Hall–Kier alpha value is -2.47. The predicted octanol–water partition coefficient (Wildman–Crippen LogP) is 2.69. The van der Waals surface area contributed by atoms with E-state index in [9.17, 15) is 13.2 Å². The van der Waals surface area contributed by atoms with Crippen LogP contribution in [0.3, 0.4) is 0 Å². The molecule has 1 amide bonds. The minimum Gasteiger partial charge on any atom is -0.325 e. The Kier molecular flexibility index (Phi) is 6.76. The van der Waals surface area contributed by atoms with Gasteiger partial charge in [-0.1, -0.05) is 35.5 Å². The summed E-state index contributed by atoms with van der Waals surface area (Å²) in [6.07, 6.45) is 0. The first-order chi connectivity index (χ1) is 14.2. The van der Waals surface area contributed by atoms with E-state index in [-0.39, 0.29) is 10.8 Å². The van der Waals surface area contributed by atoms with Gasteiger partial charge in [0.2, 0.25) is 21.1 Å². The third kappa shape index (κ3) is 4.98. The number of rotatable bonds is 7. The molecule has 1 heterocycles. The van der Waals surface area contributed by atoms with Gasteiger partial charge in [0.05, 0.1) is 15.8 Å². The number of tetrazole rings is 1. The lowest BCUT2D eigenvalue weighted by molar-refractivity contribution is -0.115. The number of aromatic nitrogens is 4. The van der Waals surface area contributed by atoms with Crippen LogP contribution in [0.4, 0.5) is 5.69 Å². The van der Waals surface area contributed by atoms with Crippen LogP contribution in [0.15, 0.2) is 58.6 Å². The van der Waals surface area contributed by atoms with E-state index >= 15 is 0 Å². The number of hydrogen-bond donors (Lipinski definition) is 1. The second kappa shape index (κ2) is 9.13. The molecular weight excluding hydrogens is 448 g/mol. The van der Waals surface area contributed by atoms with Crippen molar-refractivity contribution in [3.63, 3.8) is 0 Å². The molecule has 0 aliphatic rings. The van der Waals surface area contributed by atoms with Crippen molar-refractivity contribution in [1.82, 2.24) is 24.5 Å². The Morgan fingerprint density at radius 3 is 2.63 bits per heavy atom. The molecule has 3 rings (SSSR count). The summed E-state index contributed by atoms with van der Waals surface area (Å²) in [5.74, 6) is -0.319. The standard InChI is InChI=1S/C18H19ClN6O3S2/c1-12(29-18-21-22-23-25(18)15-8-4-6-13(19)10-15)17(26)20-14-7-5-9-16(11-14)30(27,28)24(2)3/h4-12H,1-3H3,(H,20,26). The summed E-state index contributed by atoms with van der Waals surface area (Å²) < 4.78 is 27.2. The maximum atomic E-state index is 12.6. The fourth-order valence-corrected chi connectivity index (χ4v) is 4.36. The number of benzene rings is 2. The Morgan fingerprint density at radius 1 is 1.20 bits per heavy atom. The first kappa shape index (κ1) is 22.2. The summed E-state index contributed by atoms with van der Waals surface area (Å²) in [5.41, 5.74) is 1.05. The highest BCUT2D eigenvalue weighted by Gasteiger charge is 2.21. The summed E-state index contributed by atoms with van der Waals surface area (Å²) in [7, 11) is -0.704. The molecule has 9 nitrogen and oxygen atoms in total. The Morgan fingerprint density at radius 2 is 1.93 bits per heavy atom. The summed E-state index contributed by atoms with van der Waals surface area (Å²) in [4.78, 5) is 12.7. The molecular formula is C18H19ClN6O3S2. The van der Waals surface area contributed by atoms with Crippen molar-refractivity contribution >= 4 is 45.0 Å². The number of anilines is 1. The second-order valence-electron chi connectivity index (χ2n) is 6.42. The molecule has 1 aromatic heterocycles. The van der Waals surface area contributed by atoms with Crippen molar-refractivity contribution in [2.45, 2.75) is 22.2 Å². The molecule has 2 aromatic carbocycles. The highest BCUT2D eigenvalue weighted by molar-refractivity contribution is 8.00. The van der Waals surface area contributed by atoms with Crippen molar-refractivity contribution < 1.29 is 13.2 Å². The zero-order valence-corrected chi connectivity index (χ0v) is 18.7. The van der Waals surface area contributed by atoms with Crippen LogP contribution in [0.5, 0.6) is 0 Å². The number of nitrogens with one attached hydrogen (secondary N) is 1. The van der Waals surface area contributed by atoms with Crippen LogP contribution in [-0.2, 0) is 14.8 Å². The van der Waals surface area contributed by atoms with Gasteiger partial charge in [-0.25, -0.2) is 12.7 Å². The van der Waals surface area contributed by atoms with E-state index in [0.29, 0.717) is 21.6 Å². The summed E-state index contributed by atoms with van der Waals surface area (Å²) in [5, 5.41) is 14.7. The van der Waals surface area contributed by atoms with Crippen LogP contribution in [-0.4, -0.2) is 58.2 Å². The summed E-state index contributed by atoms with van der Waals surface area (Å²) in [6, 6.07) is 13.1. The van der Waals surface area contributed by atoms with Gasteiger partial charge in [0.25, 0.3) is 0 Å². The van der Waals surface area contributed by atoms with Crippen molar-refractivity contribution in [3.8, 4) is 5.69 Å². The van der Waals surface area contributed by atoms with E-state index in [1.54, 1.807) is 43.3 Å². The van der Waals surface area contributed by atoms with Gasteiger partial charge < -0.3 is 5.32 Å². The van der Waals surface area contributed by atoms with E-state index in [2.05, 4.69) is 20.8 Å². The molecule has 1 unspecified atom stereocenters. The van der Waals surface area contributed by atoms with Gasteiger partial charge in [-0.2, -0.15) is 4.68 Å². The number of sulfonamides is 1. The molecule has 3 aromatic rings. The highest BCUT2D eigenvalue weighted by Crippen LogP contribution is 2.25. The fourth-order valence-electron chi connectivity index (χ4n) is 2.42.